The Hall–Kier alpha value is -1.07. The summed E-state index contributed by atoms with van der Waals surface area (Å²) in [6.07, 6.45) is 3.03. The highest BCUT2D eigenvalue weighted by molar-refractivity contribution is 7.89. The highest BCUT2D eigenvalue weighted by Crippen LogP contribution is 2.25. The molecule has 18 heavy (non-hydrogen) atoms. The van der Waals surface area contributed by atoms with E-state index in [4.69, 9.17) is 0 Å². The van der Waals surface area contributed by atoms with Crippen LogP contribution in [0.1, 0.15) is 26.2 Å². The lowest BCUT2D eigenvalue weighted by molar-refractivity contribution is 0.268. The van der Waals surface area contributed by atoms with E-state index in [1.807, 2.05) is 14.0 Å². The van der Waals surface area contributed by atoms with Gasteiger partial charge in [-0.05, 0) is 44.0 Å². The molecule has 0 bridgehead atoms. The molecular formula is C13H20N2O2S. The van der Waals surface area contributed by atoms with Gasteiger partial charge in [0.15, 0.2) is 0 Å². The highest BCUT2D eigenvalue weighted by atomic mass is 32.2. The van der Waals surface area contributed by atoms with E-state index in [1.54, 1.807) is 28.6 Å². The molecule has 5 heteroatoms. The van der Waals surface area contributed by atoms with Crippen molar-refractivity contribution in [1.82, 2.24) is 4.31 Å². The summed E-state index contributed by atoms with van der Waals surface area (Å²) in [5, 5.41) is 2.99. The Labute approximate surface area is 109 Å². The lowest BCUT2D eigenvalue weighted by atomic mass is 10.1. The fourth-order valence-electron chi connectivity index (χ4n) is 2.36. The van der Waals surface area contributed by atoms with Gasteiger partial charge in [0.05, 0.1) is 4.90 Å². The third-order valence-corrected chi connectivity index (χ3v) is 5.52. The number of sulfonamides is 1. The van der Waals surface area contributed by atoms with Crippen molar-refractivity contribution in [3.63, 3.8) is 0 Å². The summed E-state index contributed by atoms with van der Waals surface area (Å²) in [4.78, 5) is 0.384. The summed E-state index contributed by atoms with van der Waals surface area (Å²) in [6.45, 7) is 2.62. The number of piperidine rings is 1. The van der Waals surface area contributed by atoms with Crippen molar-refractivity contribution in [2.75, 3.05) is 18.9 Å². The SMILES string of the molecule is CNc1ccc(S(=O)(=O)N2CCCC[C@@H]2C)cc1. The number of anilines is 1. The van der Waals surface area contributed by atoms with E-state index in [1.165, 1.54) is 0 Å². The quantitative estimate of drug-likeness (QED) is 0.915. The molecule has 2 rings (SSSR count). The molecule has 1 heterocycles. The fourth-order valence-corrected chi connectivity index (χ4v) is 4.06. The van der Waals surface area contributed by atoms with Gasteiger partial charge in [-0.25, -0.2) is 8.42 Å². The average Bonchev–Trinajstić information content (AvgIpc) is 2.39. The van der Waals surface area contributed by atoms with Gasteiger partial charge in [0.25, 0.3) is 0 Å². The van der Waals surface area contributed by atoms with Crippen LogP contribution in [-0.2, 0) is 10.0 Å². The number of benzene rings is 1. The number of nitrogens with one attached hydrogen (secondary N) is 1. The summed E-state index contributed by atoms with van der Waals surface area (Å²) >= 11 is 0. The largest absolute Gasteiger partial charge is 0.388 e. The summed E-state index contributed by atoms with van der Waals surface area (Å²) < 4.78 is 26.6. The highest BCUT2D eigenvalue weighted by Gasteiger charge is 2.30. The predicted molar refractivity (Wildman–Crippen MR) is 73.2 cm³/mol. The van der Waals surface area contributed by atoms with E-state index in [-0.39, 0.29) is 6.04 Å². The second-order valence-corrected chi connectivity index (χ2v) is 6.63. The molecule has 1 saturated heterocycles. The molecule has 100 valence electrons. The van der Waals surface area contributed by atoms with Crippen LogP contribution < -0.4 is 5.32 Å². The first-order chi connectivity index (χ1) is 8.55. The number of rotatable bonds is 3. The first-order valence-corrected chi connectivity index (χ1v) is 7.79. The number of hydrogen-bond donors (Lipinski definition) is 1. The van der Waals surface area contributed by atoms with Crippen LogP contribution in [0.25, 0.3) is 0 Å². The standard InChI is InChI=1S/C13H20N2O2S/c1-11-5-3-4-10-15(11)18(16,17)13-8-6-12(14-2)7-9-13/h6-9,11,14H,3-5,10H2,1-2H3/t11-/m0/s1. The van der Waals surface area contributed by atoms with Crippen molar-refractivity contribution in [1.29, 1.82) is 0 Å². The van der Waals surface area contributed by atoms with Crippen molar-refractivity contribution in [2.24, 2.45) is 0 Å². The minimum Gasteiger partial charge on any atom is -0.388 e. The molecule has 1 N–H and O–H groups in total. The van der Waals surface area contributed by atoms with Crippen LogP contribution in [0.15, 0.2) is 29.2 Å². The Bertz CT molecular complexity index is 496. The van der Waals surface area contributed by atoms with Crippen molar-refractivity contribution >= 4 is 15.7 Å². The zero-order valence-electron chi connectivity index (χ0n) is 10.9. The van der Waals surface area contributed by atoms with E-state index in [0.717, 1.165) is 24.9 Å². The maximum absolute atomic E-state index is 12.5. The normalized spacial score (nSPS) is 21.8. The second-order valence-electron chi connectivity index (χ2n) is 4.73. The van der Waals surface area contributed by atoms with Gasteiger partial charge in [0, 0.05) is 25.3 Å². The number of nitrogens with zero attached hydrogens (tertiary/aromatic N) is 1. The lowest BCUT2D eigenvalue weighted by Crippen LogP contribution is -2.41. The summed E-state index contributed by atoms with van der Waals surface area (Å²) in [5.74, 6) is 0. The van der Waals surface area contributed by atoms with Crippen LogP contribution in [-0.4, -0.2) is 32.4 Å². The minimum atomic E-state index is -3.33. The van der Waals surface area contributed by atoms with E-state index in [9.17, 15) is 8.42 Å². The van der Waals surface area contributed by atoms with Crippen LogP contribution in [0.3, 0.4) is 0 Å². The molecule has 1 fully saturated rings. The molecule has 1 aliphatic rings. The topological polar surface area (TPSA) is 49.4 Å². The molecule has 0 radical (unpaired) electrons. The first kappa shape index (κ1) is 13.4. The molecule has 0 unspecified atom stereocenters. The van der Waals surface area contributed by atoms with E-state index >= 15 is 0 Å². The molecular weight excluding hydrogens is 248 g/mol. The fraction of sp³-hybridized carbons (Fsp3) is 0.538. The average molecular weight is 268 g/mol. The zero-order valence-corrected chi connectivity index (χ0v) is 11.7. The van der Waals surface area contributed by atoms with Crippen LogP contribution in [0.2, 0.25) is 0 Å². The molecule has 0 spiro atoms. The van der Waals surface area contributed by atoms with Crippen molar-refractivity contribution in [2.45, 2.75) is 37.1 Å². The second kappa shape index (κ2) is 5.28. The Kier molecular flexibility index (Phi) is 3.92. The molecule has 1 aliphatic heterocycles. The Morgan fingerprint density at radius 2 is 1.89 bits per heavy atom. The smallest absolute Gasteiger partial charge is 0.243 e. The molecule has 1 aromatic carbocycles. The molecule has 0 aromatic heterocycles. The van der Waals surface area contributed by atoms with E-state index < -0.39 is 10.0 Å². The molecule has 4 nitrogen and oxygen atoms in total. The van der Waals surface area contributed by atoms with Gasteiger partial charge in [-0.3, -0.25) is 0 Å². The molecule has 0 amide bonds. The maximum Gasteiger partial charge on any atom is 0.243 e. The van der Waals surface area contributed by atoms with Gasteiger partial charge in [-0.2, -0.15) is 4.31 Å². The van der Waals surface area contributed by atoms with Crippen LogP contribution >= 0.6 is 0 Å². The summed E-state index contributed by atoms with van der Waals surface area (Å²) in [7, 11) is -1.51. The molecule has 0 saturated carbocycles. The van der Waals surface area contributed by atoms with Gasteiger partial charge in [0.1, 0.15) is 0 Å². The van der Waals surface area contributed by atoms with Gasteiger partial charge >= 0.3 is 0 Å². The third-order valence-electron chi connectivity index (χ3n) is 3.49. The van der Waals surface area contributed by atoms with Crippen LogP contribution in [0, 0.1) is 0 Å². The minimum absolute atomic E-state index is 0.104. The zero-order chi connectivity index (χ0) is 13.2. The van der Waals surface area contributed by atoms with Gasteiger partial charge in [-0.1, -0.05) is 6.42 Å². The molecule has 1 aromatic rings. The van der Waals surface area contributed by atoms with Crippen LogP contribution in [0.5, 0.6) is 0 Å². The van der Waals surface area contributed by atoms with Gasteiger partial charge in [-0.15, -0.1) is 0 Å². The van der Waals surface area contributed by atoms with Gasteiger partial charge in [0.2, 0.25) is 10.0 Å². The number of hydrogen-bond acceptors (Lipinski definition) is 3. The molecule has 0 aliphatic carbocycles. The maximum atomic E-state index is 12.5. The summed E-state index contributed by atoms with van der Waals surface area (Å²) in [6, 6.07) is 7.03. The predicted octanol–water partition coefficient (Wildman–Crippen LogP) is 2.29. The lowest BCUT2D eigenvalue weighted by Gasteiger charge is -2.32. The van der Waals surface area contributed by atoms with Crippen molar-refractivity contribution < 1.29 is 8.42 Å². The Morgan fingerprint density at radius 1 is 1.22 bits per heavy atom. The third kappa shape index (κ3) is 2.52. The first-order valence-electron chi connectivity index (χ1n) is 6.35. The Morgan fingerprint density at radius 3 is 2.44 bits per heavy atom. The Balaban J connectivity index is 2.28. The van der Waals surface area contributed by atoms with Crippen molar-refractivity contribution in [3.8, 4) is 0 Å². The summed E-state index contributed by atoms with van der Waals surface area (Å²) in [5.41, 5.74) is 0.917. The molecule has 1 atom stereocenters. The van der Waals surface area contributed by atoms with E-state index in [0.29, 0.717) is 11.4 Å². The van der Waals surface area contributed by atoms with Gasteiger partial charge < -0.3 is 5.32 Å². The van der Waals surface area contributed by atoms with Crippen LogP contribution in [0.4, 0.5) is 5.69 Å². The monoisotopic (exact) mass is 268 g/mol. The van der Waals surface area contributed by atoms with E-state index in [2.05, 4.69) is 5.32 Å². The van der Waals surface area contributed by atoms with Crippen molar-refractivity contribution in [3.05, 3.63) is 24.3 Å².